The number of Topliss-reactive ketones (excluding diaryl/α,β-unsaturated/α-hetero) is 1. The van der Waals surface area contributed by atoms with Gasteiger partial charge in [0, 0.05) is 24.7 Å². The molecule has 1 aliphatic rings. The number of nitrogens with one attached hydrogen (secondary N) is 1. The summed E-state index contributed by atoms with van der Waals surface area (Å²) in [6, 6.07) is 21.3. The molecule has 3 aromatic rings. The average Bonchev–Trinajstić information content (AvgIpc) is 2.85. The Balaban J connectivity index is 1.36. The predicted molar refractivity (Wildman–Crippen MR) is 125 cm³/mol. The first-order valence-corrected chi connectivity index (χ1v) is 10.6. The van der Waals surface area contributed by atoms with Crippen LogP contribution in [-0.4, -0.2) is 37.9 Å². The average molecular weight is 444 g/mol. The van der Waals surface area contributed by atoms with Crippen molar-refractivity contribution in [3.63, 3.8) is 0 Å². The van der Waals surface area contributed by atoms with Gasteiger partial charge >= 0.3 is 0 Å². The Morgan fingerprint density at radius 1 is 0.909 bits per heavy atom. The van der Waals surface area contributed by atoms with Crippen molar-refractivity contribution in [1.29, 1.82) is 0 Å². The van der Waals surface area contributed by atoms with Gasteiger partial charge in [0.05, 0.1) is 5.69 Å². The van der Waals surface area contributed by atoms with Gasteiger partial charge in [0.2, 0.25) is 5.91 Å². The number of hydrogen-bond donors (Lipinski definition) is 1. The van der Waals surface area contributed by atoms with E-state index < -0.39 is 0 Å². The highest BCUT2D eigenvalue weighted by Crippen LogP contribution is 2.28. The van der Waals surface area contributed by atoms with Crippen molar-refractivity contribution in [2.24, 2.45) is 0 Å². The molecule has 0 saturated carbocycles. The Morgan fingerprint density at radius 2 is 1.67 bits per heavy atom. The third-order valence-corrected chi connectivity index (χ3v) is 5.38. The van der Waals surface area contributed by atoms with E-state index in [1.165, 1.54) is 0 Å². The Kier molecular flexibility index (Phi) is 6.69. The minimum atomic E-state index is -0.338. The molecule has 0 fully saturated rings. The lowest BCUT2D eigenvalue weighted by Gasteiger charge is -2.26. The summed E-state index contributed by atoms with van der Waals surface area (Å²) in [6.45, 7) is -0.329. The molecule has 0 bridgehead atoms. The van der Waals surface area contributed by atoms with Crippen LogP contribution in [-0.2, 0) is 16.0 Å². The molecule has 7 heteroatoms. The molecule has 3 aromatic carbocycles. The fourth-order valence-electron chi connectivity index (χ4n) is 3.60. The SMILES string of the molecule is CN1C(=O)CCc2cc(C(=O)COc3ccccc3NC(=O)COc3ccccc3)ccc21. The Hall–Kier alpha value is -4.13. The van der Waals surface area contributed by atoms with Gasteiger partial charge in [-0.1, -0.05) is 30.3 Å². The van der Waals surface area contributed by atoms with Crippen LogP contribution in [0, 0.1) is 0 Å². The van der Waals surface area contributed by atoms with Crippen LogP contribution in [0.1, 0.15) is 22.3 Å². The van der Waals surface area contributed by atoms with Crippen molar-refractivity contribution in [3.8, 4) is 11.5 Å². The maximum Gasteiger partial charge on any atom is 0.262 e. The fourth-order valence-corrected chi connectivity index (χ4v) is 3.60. The van der Waals surface area contributed by atoms with E-state index in [9.17, 15) is 14.4 Å². The van der Waals surface area contributed by atoms with E-state index in [-0.39, 0.29) is 30.8 Å². The lowest BCUT2D eigenvalue weighted by Crippen LogP contribution is -2.31. The van der Waals surface area contributed by atoms with Crippen LogP contribution in [0.5, 0.6) is 11.5 Å². The first-order valence-electron chi connectivity index (χ1n) is 10.6. The molecule has 1 aliphatic heterocycles. The third-order valence-electron chi connectivity index (χ3n) is 5.38. The van der Waals surface area contributed by atoms with Gasteiger partial charge < -0.3 is 19.7 Å². The van der Waals surface area contributed by atoms with Crippen molar-refractivity contribution < 1.29 is 23.9 Å². The highest BCUT2D eigenvalue weighted by molar-refractivity contribution is 6.00. The summed E-state index contributed by atoms with van der Waals surface area (Å²) in [6.07, 6.45) is 1.04. The first-order chi connectivity index (χ1) is 16.0. The predicted octanol–water partition coefficient (Wildman–Crippen LogP) is 3.87. The number of fused-ring (bicyclic) bond motifs is 1. The molecule has 0 aliphatic carbocycles. The molecule has 0 saturated heterocycles. The van der Waals surface area contributed by atoms with E-state index in [0.29, 0.717) is 35.6 Å². The quantitative estimate of drug-likeness (QED) is 0.533. The van der Waals surface area contributed by atoms with Gasteiger partial charge in [-0.15, -0.1) is 0 Å². The van der Waals surface area contributed by atoms with E-state index in [0.717, 1.165) is 11.3 Å². The molecule has 7 nitrogen and oxygen atoms in total. The smallest absolute Gasteiger partial charge is 0.262 e. The number of carbonyl (C=O) groups is 3. The second kappa shape index (κ2) is 9.99. The second-order valence-electron chi connectivity index (χ2n) is 7.65. The third kappa shape index (κ3) is 5.38. The molecule has 4 rings (SSSR count). The summed E-state index contributed by atoms with van der Waals surface area (Å²) in [4.78, 5) is 38.5. The Labute approximate surface area is 191 Å². The monoisotopic (exact) mass is 444 g/mol. The maximum absolute atomic E-state index is 12.7. The van der Waals surface area contributed by atoms with Gasteiger partial charge in [-0.05, 0) is 54.4 Å². The number of nitrogens with zero attached hydrogens (tertiary/aromatic N) is 1. The Morgan fingerprint density at radius 3 is 2.48 bits per heavy atom. The summed E-state index contributed by atoms with van der Waals surface area (Å²) in [7, 11) is 1.74. The van der Waals surface area contributed by atoms with Gasteiger partial charge in [-0.2, -0.15) is 0 Å². The summed E-state index contributed by atoms with van der Waals surface area (Å²) in [5.41, 5.74) is 2.77. The molecule has 1 heterocycles. The van der Waals surface area contributed by atoms with Crippen LogP contribution < -0.4 is 19.7 Å². The Bertz CT molecular complexity index is 1180. The lowest BCUT2D eigenvalue weighted by molar-refractivity contribution is -0.119. The highest BCUT2D eigenvalue weighted by Gasteiger charge is 2.22. The maximum atomic E-state index is 12.7. The van der Waals surface area contributed by atoms with Crippen LogP contribution in [0.25, 0.3) is 0 Å². The number of rotatable bonds is 8. The van der Waals surface area contributed by atoms with Crippen LogP contribution in [0.15, 0.2) is 72.8 Å². The number of ketones is 1. The van der Waals surface area contributed by atoms with Crippen molar-refractivity contribution in [2.75, 3.05) is 30.5 Å². The van der Waals surface area contributed by atoms with Crippen molar-refractivity contribution in [2.45, 2.75) is 12.8 Å². The molecule has 0 aromatic heterocycles. The molecule has 0 spiro atoms. The minimum Gasteiger partial charge on any atom is -0.484 e. The van der Waals surface area contributed by atoms with E-state index in [4.69, 9.17) is 9.47 Å². The lowest BCUT2D eigenvalue weighted by atomic mass is 9.98. The minimum absolute atomic E-state index is 0.0673. The molecule has 168 valence electrons. The van der Waals surface area contributed by atoms with Crippen LogP contribution in [0.4, 0.5) is 11.4 Å². The number of aryl methyl sites for hydroxylation is 1. The van der Waals surface area contributed by atoms with E-state index in [2.05, 4.69) is 5.32 Å². The standard InChI is InChI=1S/C26H24N2O5/c1-28-22-13-11-19(15-18(22)12-14-26(28)31)23(29)16-33-24-10-6-5-9-21(24)27-25(30)17-32-20-7-3-2-4-8-20/h2-11,13,15H,12,14,16-17H2,1H3,(H,27,30). The summed E-state index contributed by atoms with van der Waals surface area (Å²) < 4.78 is 11.2. The summed E-state index contributed by atoms with van der Waals surface area (Å²) in [5, 5.41) is 2.76. The first kappa shape index (κ1) is 22.1. The molecular weight excluding hydrogens is 420 g/mol. The van der Waals surface area contributed by atoms with Crippen molar-refractivity contribution >= 4 is 29.0 Å². The number of benzene rings is 3. The zero-order chi connectivity index (χ0) is 23.2. The van der Waals surface area contributed by atoms with Crippen molar-refractivity contribution in [1.82, 2.24) is 0 Å². The van der Waals surface area contributed by atoms with Gasteiger partial charge in [-0.25, -0.2) is 0 Å². The number of hydrogen-bond acceptors (Lipinski definition) is 5. The van der Waals surface area contributed by atoms with Gasteiger partial charge in [-0.3, -0.25) is 14.4 Å². The molecule has 0 unspecified atom stereocenters. The zero-order valence-electron chi connectivity index (χ0n) is 18.2. The van der Waals surface area contributed by atoms with E-state index >= 15 is 0 Å². The summed E-state index contributed by atoms with van der Waals surface area (Å²) in [5.74, 6) is 0.531. The van der Waals surface area contributed by atoms with Gasteiger partial charge in [0.25, 0.3) is 5.91 Å². The molecule has 1 N–H and O–H groups in total. The van der Waals surface area contributed by atoms with Crippen LogP contribution >= 0.6 is 0 Å². The van der Waals surface area contributed by atoms with Gasteiger partial charge in [0.15, 0.2) is 19.0 Å². The topological polar surface area (TPSA) is 84.9 Å². The number of amides is 2. The molecule has 0 atom stereocenters. The molecule has 2 amide bonds. The number of carbonyl (C=O) groups excluding carboxylic acids is 3. The highest BCUT2D eigenvalue weighted by atomic mass is 16.5. The van der Waals surface area contributed by atoms with Gasteiger partial charge in [0.1, 0.15) is 11.5 Å². The number of para-hydroxylation sites is 3. The van der Waals surface area contributed by atoms with E-state index in [1.54, 1.807) is 60.5 Å². The van der Waals surface area contributed by atoms with Crippen molar-refractivity contribution in [3.05, 3.63) is 83.9 Å². The molecule has 33 heavy (non-hydrogen) atoms. The van der Waals surface area contributed by atoms with E-state index in [1.807, 2.05) is 24.3 Å². The van der Waals surface area contributed by atoms with Crippen LogP contribution in [0.3, 0.4) is 0 Å². The second-order valence-corrected chi connectivity index (χ2v) is 7.65. The number of anilines is 2. The fraction of sp³-hybridized carbons (Fsp3) is 0.192. The zero-order valence-corrected chi connectivity index (χ0v) is 18.2. The van der Waals surface area contributed by atoms with Crippen LogP contribution in [0.2, 0.25) is 0 Å². The molecule has 0 radical (unpaired) electrons. The summed E-state index contributed by atoms with van der Waals surface area (Å²) >= 11 is 0. The normalized spacial score (nSPS) is 12.6. The largest absolute Gasteiger partial charge is 0.484 e. The molecular formula is C26H24N2O5. The number of ether oxygens (including phenoxy) is 2.